The number of amides is 2. The molecule has 3 atom stereocenters. The molecule has 2 amide bonds. The van der Waals surface area contributed by atoms with Crippen molar-refractivity contribution in [2.45, 2.75) is 37.7 Å². The summed E-state index contributed by atoms with van der Waals surface area (Å²) in [4.78, 5) is 25.2. The van der Waals surface area contributed by atoms with Crippen LogP contribution in [-0.4, -0.2) is 26.3 Å². The maximum absolute atomic E-state index is 13.0. The number of rotatable bonds is 6. The van der Waals surface area contributed by atoms with Crippen molar-refractivity contribution in [2.75, 3.05) is 5.32 Å². The Morgan fingerprint density at radius 2 is 1.65 bits per heavy atom. The highest BCUT2D eigenvalue weighted by Gasteiger charge is 2.44. The van der Waals surface area contributed by atoms with Crippen molar-refractivity contribution in [3.63, 3.8) is 0 Å². The van der Waals surface area contributed by atoms with Crippen LogP contribution in [0.5, 0.6) is 0 Å². The number of carbonyl (C=O) groups excluding carboxylic acids is 2. The number of hydrazine groups is 1. The maximum atomic E-state index is 13.0. The largest absolute Gasteiger partial charge is 0.326 e. The third-order valence-corrected chi connectivity index (χ3v) is 7.24. The van der Waals surface area contributed by atoms with E-state index in [1.54, 1.807) is 18.2 Å². The van der Waals surface area contributed by atoms with E-state index < -0.39 is 34.0 Å². The molecule has 0 saturated heterocycles. The van der Waals surface area contributed by atoms with Gasteiger partial charge >= 0.3 is 0 Å². The third-order valence-electron chi connectivity index (χ3n) is 5.34. The first kappa shape index (κ1) is 23.4. The minimum Gasteiger partial charge on any atom is -0.326 e. The molecular weight excluding hydrogens is 486 g/mol. The van der Waals surface area contributed by atoms with Crippen LogP contribution in [0.25, 0.3) is 0 Å². The van der Waals surface area contributed by atoms with Gasteiger partial charge in [-0.05, 0) is 62.6 Å². The Kier molecular flexibility index (Phi) is 7.15. The van der Waals surface area contributed by atoms with Gasteiger partial charge in [0.2, 0.25) is 11.8 Å². The zero-order chi connectivity index (χ0) is 22.8. The van der Waals surface area contributed by atoms with Crippen LogP contribution in [0.1, 0.15) is 24.0 Å². The second-order valence-corrected chi connectivity index (χ2v) is 10.1. The molecule has 0 aliphatic heterocycles. The fourth-order valence-electron chi connectivity index (χ4n) is 3.77. The molecule has 0 spiro atoms. The fourth-order valence-corrected chi connectivity index (χ4v) is 5.13. The first-order chi connectivity index (χ1) is 14.6. The molecule has 31 heavy (non-hydrogen) atoms. The lowest BCUT2D eigenvalue weighted by Gasteiger charge is -2.18. The Labute approximate surface area is 189 Å². The first-order valence-corrected chi connectivity index (χ1v) is 11.9. The molecule has 0 bridgehead atoms. The Hall–Kier alpha value is -2.27. The van der Waals surface area contributed by atoms with E-state index in [1.807, 2.05) is 26.0 Å². The van der Waals surface area contributed by atoms with Crippen LogP contribution in [0.4, 0.5) is 5.69 Å². The molecule has 166 valence electrons. The summed E-state index contributed by atoms with van der Waals surface area (Å²) in [6.07, 6.45) is -0.695. The monoisotopic (exact) mass is 509 g/mol. The Morgan fingerprint density at radius 3 is 2.23 bits per heavy atom. The highest BCUT2D eigenvalue weighted by molar-refractivity contribution is 9.10. The molecule has 1 fully saturated rings. The van der Waals surface area contributed by atoms with Gasteiger partial charge in [0.05, 0.1) is 22.8 Å². The van der Waals surface area contributed by atoms with Crippen LogP contribution in [0.2, 0.25) is 0 Å². The summed E-state index contributed by atoms with van der Waals surface area (Å²) in [6.45, 7) is 3.82. The highest BCUT2D eigenvalue weighted by Crippen LogP contribution is 2.37. The normalized spacial score (nSPS) is 21.0. The van der Waals surface area contributed by atoms with Crippen molar-refractivity contribution in [2.24, 2.45) is 17.7 Å². The summed E-state index contributed by atoms with van der Waals surface area (Å²) >= 11 is 3.26. The highest BCUT2D eigenvalue weighted by atomic mass is 79.9. The minimum absolute atomic E-state index is 0.00120. The quantitative estimate of drug-likeness (QED) is 0.237. The minimum atomic E-state index is -4.05. The second-order valence-electron chi connectivity index (χ2n) is 7.63. The first-order valence-electron chi connectivity index (χ1n) is 9.68. The van der Waals surface area contributed by atoms with Crippen LogP contribution in [0.15, 0.2) is 51.8 Å². The number of nitrogens with two attached hydrogens (primary N) is 1. The summed E-state index contributed by atoms with van der Waals surface area (Å²) in [5.74, 6) is 2.79. The van der Waals surface area contributed by atoms with Crippen molar-refractivity contribution < 1.29 is 22.2 Å². The number of anilines is 1. The molecule has 0 heterocycles. The van der Waals surface area contributed by atoms with Crippen molar-refractivity contribution in [1.82, 2.24) is 5.43 Å². The number of nitrogens with one attached hydrogen (secondary N) is 2. The van der Waals surface area contributed by atoms with E-state index in [9.17, 15) is 18.0 Å². The van der Waals surface area contributed by atoms with E-state index in [0.717, 1.165) is 15.6 Å². The predicted octanol–water partition coefficient (Wildman–Crippen LogP) is 2.79. The molecule has 8 nitrogen and oxygen atoms in total. The van der Waals surface area contributed by atoms with Crippen molar-refractivity contribution in [3.8, 4) is 0 Å². The van der Waals surface area contributed by atoms with E-state index in [4.69, 9.17) is 10.0 Å². The van der Waals surface area contributed by atoms with Crippen molar-refractivity contribution >= 4 is 43.5 Å². The summed E-state index contributed by atoms with van der Waals surface area (Å²) in [5, 5.41) is 2.84. The lowest BCUT2D eigenvalue weighted by Crippen LogP contribution is -2.40. The fraction of sp³-hybridized carbons (Fsp3) is 0.333. The van der Waals surface area contributed by atoms with E-state index in [1.165, 1.54) is 12.1 Å². The van der Waals surface area contributed by atoms with Gasteiger partial charge in [0.25, 0.3) is 10.1 Å². The smallest absolute Gasteiger partial charge is 0.297 e. The molecule has 0 unspecified atom stereocenters. The zero-order valence-electron chi connectivity index (χ0n) is 17.1. The van der Waals surface area contributed by atoms with E-state index in [-0.39, 0.29) is 23.6 Å². The molecule has 4 N–H and O–H groups in total. The van der Waals surface area contributed by atoms with Crippen molar-refractivity contribution in [3.05, 3.63) is 58.1 Å². The Balaban J connectivity index is 1.77. The van der Waals surface area contributed by atoms with Gasteiger partial charge in [-0.1, -0.05) is 33.6 Å². The maximum Gasteiger partial charge on any atom is 0.297 e. The third kappa shape index (κ3) is 5.51. The van der Waals surface area contributed by atoms with E-state index >= 15 is 0 Å². The molecule has 10 heteroatoms. The van der Waals surface area contributed by atoms with Gasteiger partial charge in [-0.25, -0.2) is 5.84 Å². The molecule has 1 aliphatic rings. The van der Waals surface area contributed by atoms with Gasteiger partial charge in [-0.3, -0.25) is 19.2 Å². The molecule has 2 aromatic carbocycles. The molecule has 2 aromatic rings. The Bertz CT molecular complexity index is 1090. The van der Waals surface area contributed by atoms with E-state index in [0.29, 0.717) is 5.69 Å². The molecule has 1 aliphatic carbocycles. The lowest BCUT2D eigenvalue weighted by molar-refractivity contribution is -0.131. The van der Waals surface area contributed by atoms with Crippen molar-refractivity contribution in [1.29, 1.82) is 0 Å². The average Bonchev–Trinajstić information content (AvgIpc) is 3.13. The number of hydrogen-bond acceptors (Lipinski definition) is 6. The van der Waals surface area contributed by atoms with Gasteiger partial charge < -0.3 is 5.32 Å². The zero-order valence-corrected chi connectivity index (χ0v) is 19.5. The molecule has 3 rings (SSSR count). The van der Waals surface area contributed by atoms with Crippen LogP contribution >= 0.6 is 15.9 Å². The molecular formula is C21H24BrN3O5S. The molecule has 0 radical (unpaired) electrons. The van der Waals surface area contributed by atoms with Crippen LogP contribution in [0, 0.1) is 25.7 Å². The summed E-state index contributed by atoms with van der Waals surface area (Å²) in [5.41, 5.74) is 4.64. The number of carbonyl (C=O) groups is 2. The molecule has 0 aromatic heterocycles. The van der Waals surface area contributed by atoms with E-state index in [2.05, 4.69) is 26.7 Å². The Morgan fingerprint density at radius 1 is 1.03 bits per heavy atom. The van der Waals surface area contributed by atoms with Gasteiger partial charge in [0, 0.05) is 10.2 Å². The average molecular weight is 510 g/mol. The molecule has 1 saturated carbocycles. The number of halogens is 1. The SMILES string of the molecule is Cc1ccc(NC(=O)[C@H]2C[C@@H](OS(=O)(=O)c3ccc(Br)cc3)C[C@@H]2C(=O)NN)c(C)c1. The van der Waals surface area contributed by atoms with Crippen LogP contribution < -0.4 is 16.6 Å². The second kappa shape index (κ2) is 9.47. The van der Waals surface area contributed by atoms with Gasteiger partial charge in [0.15, 0.2) is 0 Å². The summed E-state index contributed by atoms with van der Waals surface area (Å²) < 4.78 is 31.4. The standard InChI is InChI=1S/C21H24BrN3O5S/c1-12-3-8-19(13(2)9-12)24-20(26)17-10-15(11-18(17)21(27)25-23)30-31(28,29)16-6-4-14(22)5-7-16/h3-9,15,17-18H,10-11,23H2,1-2H3,(H,24,26)(H,25,27)/t15-,17+,18+/m1/s1. The van der Waals surface area contributed by atoms with Crippen LogP contribution in [0.3, 0.4) is 0 Å². The topological polar surface area (TPSA) is 128 Å². The summed E-state index contributed by atoms with van der Waals surface area (Å²) in [7, 11) is -4.05. The number of aryl methyl sites for hydroxylation is 2. The van der Waals surface area contributed by atoms with Gasteiger partial charge in [-0.2, -0.15) is 8.42 Å². The van der Waals surface area contributed by atoms with Gasteiger partial charge in [0.1, 0.15) is 0 Å². The van der Waals surface area contributed by atoms with Gasteiger partial charge in [-0.15, -0.1) is 0 Å². The van der Waals surface area contributed by atoms with Crippen LogP contribution in [-0.2, 0) is 23.9 Å². The summed E-state index contributed by atoms with van der Waals surface area (Å²) in [6, 6.07) is 11.6. The number of hydrogen-bond donors (Lipinski definition) is 3. The number of benzene rings is 2. The predicted molar refractivity (Wildman–Crippen MR) is 119 cm³/mol. The lowest BCUT2D eigenvalue weighted by atomic mass is 9.94.